The predicted octanol–water partition coefficient (Wildman–Crippen LogP) is 2.78. The molecule has 1 N–H and O–H groups in total. The van der Waals surface area contributed by atoms with E-state index < -0.39 is 6.67 Å². The zero-order valence-electron chi connectivity index (χ0n) is 11.2. The fraction of sp³-hybridized carbons (Fsp3) is 0.357. The topological polar surface area (TPSA) is 39.1 Å². The molecular weight excluding hydrogens is 245 g/mol. The van der Waals surface area contributed by atoms with Crippen molar-refractivity contribution >= 4 is 5.69 Å². The Labute approximate surface area is 112 Å². The number of anilines is 1. The van der Waals surface area contributed by atoms with Gasteiger partial charge in [0.25, 0.3) is 0 Å². The molecule has 0 saturated carbocycles. The van der Waals surface area contributed by atoms with Gasteiger partial charge >= 0.3 is 0 Å². The van der Waals surface area contributed by atoms with Crippen LogP contribution in [0.5, 0.6) is 5.75 Å². The highest BCUT2D eigenvalue weighted by Gasteiger charge is 2.06. The first kappa shape index (κ1) is 13.4. The molecule has 0 aliphatic carbocycles. The van der Waals surface area contributed by atoms with Gasteiger partial charge in [0.05, 0.1) is 25.0 Å². The molecule has 1 heterocycles. The van der Waals surface area contributed by atoms with E-state index in [2.05, 4.69) is 10.4 Å². The highest BCUT2D eigenvalue weighted by molar-refractivity contribution is 5.47. The van der Waals surface area contributed by atoms with Crippen LogP contribution in [0.1, 0.15) is 11.3 Å². The van der Waals surface area contributed by atoms with Crippen molar-refractivity contribution in [3.05, 3.63) is 41.7 Å². The summed E-state index contributed by atoms with van der Waals surface area (Å²) in [6, 6.07) is 7.84. The van der Waals surface area contributed by atoms with Crippen molar-refractivity contribution < 1.29 is 9.13 Å². The average molecular weight is 263 g/mol. The number of halogens is 1. The largest absolute Gasteiger partial charge is 0.496 e. The summed E-state index contributed by atoms with van der Waals surface area (Å²) in [5.41, 5.74) is 2.85. The van der Waals surface area contributed by atoms with Crippen LogP contribution < -0.4 is 10.1 Å². The molecule has 102 valence electrons. The molecule has 0 aliphatic heterocycles. The number of benzene rings is 1. The zero-order valence-corrected chi connectivity index (χ0v) is 11.2. The van der Waals surface area contributed by atoms with Crippen LogP contribution in [0.15, 0.2) is 30.5 Å². The van der Waals surface area contributed by atoms with Gasteiger partial charge in [-0.15, -0.1) is 0 Å². The minimum absolute atomic E-state index is 0.289. The number of para-hydroxylation sites is 1. The number of nitrogens with zero attached hydrogens (tertiary/aromatic N) is 2. The summed E-state index contributed by atoms with van der Waals surface area (Å²) in [6.07, 6.45) is 1.82. The lowest BCUT2D eigenvalue weighted by Crippen LogP contribution is -2.02. The summed E-state index contributed by atoms with van der Waals surface area (Å²) in [7, 11) is 1.66. The lowest BCUT2D eigenvalue weighted by molar-refractivity contribution is 0.410. The fourth-order valence-electron chi connectivity index (χ4n) is 1.93. The van der Waals surface area contributed by atoms with Gasteiger partial charge in [0.15, 0.2) is 0 Å². The SMILES string of the molecule is COc1ccccc1CNc1cn(CCF)nc1C. The first-order valence-electron chi connectivity index (χ1n) is 6.20. The van der Waals surface area contributed by atoms with Gasteiger partial charge < -0.3 is 10.1 Å². The Balaban J connectivity index is 2.05. The summed E-state index contributed by atoms with van der Waals surface area (Å²) in [6.45, 7) is 2.43. The van der Waals surface area contributed by atoms with Gasteiger partial charge in [-0.3, -0.25) is 4.68 Å². The van der Waals surface area contributed by atoms with Crippen molar-refractivity contribution in [1.29, 1.82) is 0 Å². The quantitative estimate of drug-likeness (QED) is 0.871. The molecule has 0 fully saturated rings. The number of aryl methyl sites for hydroxylation is 2. The van der Waals surface area contributed by atoms with Crippen molar-refractivity contribution in [3.8, 4) is 5.75 Å². The van der Waals surface area contributed by atoms with Crippen LogP contribution in [-0.2, 0) is 13.1 Å². The van der Waals surface area contributed by atoms with E-state index in [4.69, 9.17) is 4.74 Å². The molecule has 0 saturated heterocycles. The molecule has 5 heteroatoms. The summed E-state index contributed by atoms with van der Waals surface area (Å²) >= 11 is 0. The van der Waals surface area contributed by atoms with Gasteiger partial charge in [0.2, 0.25) is 0 Å². The van der Waals surface area contributed by atoms with E-state index >= 15 is 0 Å². The van der Waals surface area contributed by atoms with Gasteiger partial charge in [0, 0.05) is 18.3 Å². The standard InChI is InChI=1S/C14H18FN3O/c1-11-13(10-18(17-11)8-7-15)16-9-12-5-3-4-6-14(12)19-2/h3-6,10,16H,7-9H2,1-2H3. The van der Waals surface area contributed by atoms with Crippen LogP contribution in [0.4, 0.5) is 10.1 Å². The Bertz CT molecular complexity index is 539. The molecule has 0 atom stereocenters. The molecule has 1 aromatic heterocycles. The van der Waals surface area contributed by atoms with Gasteiger partial charge in [-0.05, 0) is 13.0 Å². The highest BCUT2D eigenvalue weighted by Crippen LogP contribution is 2.20. The maximum absolute atomic E-state index is 12.3. The molecule has 0 aliphatic rings. The van der Waals surface area contributed by atoms with Gasteiger partial charge in [0.1, 0.15) is 12.4 Å². The molecule has 1 aromatic carbocycles. The van der Waals surface area contributed by atoms with Crippen molar-refractivity contribution in [2.75, 3.05) is 19.1 Å². The third-order valence-electron chi connectivity index (χ3n) is 2.92. The van der Waals surface area contributed by atoms with E-state index in [9.17, 15) is 4.39 Å². The molecule has 0 amide bonds. The van der Waals surface area contributed by atoms with E-state index in [1.165, 1.54) is 0 Å². The lowest BCUT2D eigenvalue weighted by Gasteiger charge is -2.09. The average Bonchev–Trinajstić information content (AvgIpc) is 2.77. The Morgan fingerprint density at radius 1 is 1.37 bits per heavy atom. The first-order chi connectivity index (χ1) is 9.24. The van der Waals surface area contributed by atoms with E-state index in [0.717, 1.165) is 22.7 Å². The van der Waals surface area contributed by atoms with Crippen molar-refractivity contribution in [2.45, 2.75) is 20.0 Å². The minimum Gasteiger partial charge on any atom is -0.496 e. The number of methoxy groups -OCH3 is 1. The van der Waals surface area contributed by atoms with Gasteiger partial charge in [-0.1, -0.05) is 18.2 Å². The third-order valence-corrected chi connectivity index (χ3v) is 2.92. The second-order valence-electron chi connectivity index (χ2n) is 4.25. The molecule has 4 nitrogen and oxygen atoms in total. The molecule has 0 unspecified atom stereocenters. The Morgan fingerprint density at radius 2 is 2.16 bits per heavy atom. The summed E-state index contributed by atoms with van der Waals surface area (Å²) < 4.78 is 19.2. The van der Waals surface area contributed by atoms with Crippen molar-refractivity contribution in [2.24, 2.45) is 0 Å². The zero-order chi connectivity index (χ0) is 13.7. The molecule has 0 bridgehead atoms. The number of hydrogen-bond donors (Lipinski definition) is 1. The maximum Gasteiger partial charge on any atom is 0.123 e. The summed E-state index contributed by atoms with van der Waals surface area (Å²) in [4.78, 5) is 0. The monoisotopic (exact) mass is 263 g/mol. The summed E-state index contributed by atoms with van der Waals surface area (Å²) in [5.74, 6) is 0.851. The summed E-state index contributed by atoms with van der Waals surface area (Å²) in [5, 5.41) is 7.54. The molecule has 0 radical (unpaired) electrons. The molecular formula is C14H18FN3O. The normalized spacial score (nSPS) is 10.5. The van der Waals surface area contributed by atoms with Gasteiger partial charge in [-0.25, -0.2) is 4.39 Å². The van der Waals surface area contributed by atoms with E-state index in [1.54, 1.807) is 11.8 Å². The highest BCUT2D eigenvalue weighted by atomic mass is 19.1. The third kappa shape index (κ3) is 3.24. The van der Waals surface area contributed by atoms with Gasteiger partial charge in [-0.2, -0.15) is 5.10 Å². The van der Waals surface area contributed by atoms with Crippen LogP contribution >= 0.6 is 0 Å². The van der Waals surface area contributed by atoms with Crippen molar-refractivity contribution in [1.82, 2.24) is 9.78 Å². The number of alkyl halides is 1. The molecule has 19 heavy (non-hydrogen) atoms. The number of hydrogen-bond acceptors (Lipinski definition) is 3. The van der Waals surface area contributed by atoms with Crippen LogP contribution in [0.3, 0.4) is 0 Å². The molecule has 0 spiro atoms. The van der Waals surface area contributed by atoms with Crippen LogP contribution in [0.25, 0.3) is 0 Å². The smallest absolute Gasteiger partial charge is 0.123 e. The minimum atomic E-state index is -0.410. The first-order valence-corrected chi connectivity index (χ1v) is 6.20. The Hall–Kier alpha value is -2.04. The lowest BCUT2D eigenvalue weighted by atomic mass is 10.2. The maximum atomic E-state index is 12.3. The molecule has 2 aromatic rings. The van der Waals surface area contributed by atoms with E-state index in [1.807, 2.05) is 37.4 Å². The predicted molar refractivity (Wildman–Crippen MR) is 73.3 cm³/mol. The van der Waals surface area contributed by atoms with Crippen LogP contribution in [-0.4, -0.2) is 23.6 Å². The molecule has 2 rings (SSSR count). The fourth-order valence-corrected chi connectivity index (χ4v) is 1.93. The van der Waals surface area contributed by atoms with Crippen molar-refractivity contribution in [3.63, 3.8) is 0 Å². The van der Waals surface area contributed by atoms with Crippen LogP contribution in [0, 0.1) is 6.92 Å². The van der Waals surface area contributed by atoms with Crippen LogP contribution in [0.2, 0.25) is 0 Å². The Morgan fingerprint density at radius 3 is 2.89 bits per heavy atom. The van der Waals surface area contributed by atoms with E-state index in [-0.39, 0.29) is 6.54 Å². The number of nitrogens with one attached hydrogen (secondary N) is 1. The number of aromatic nitrogens is 2. The van der Waals surface area contributed by atoms with E-state index in [0.29, 0.717) is 6.54 Å². The number of rotatable bonds is 6. The second-order valence-corrected chi connectivity index (χ2v) is 4.25. The Kier molecular flexibility index (Phi) is 4.39. The second kappa shape index (κ2) is 6.22. The number of ether oxygens (including phenoxy) is 1.